The first kappa shape index (κ1) is 14.3. The number of aromatic amines is 1. The van der Waals surface area contributed by atoms with Gasteiger partial charge < -0.3 is 4.74 Å². The summed E-state index contributed by atoms with van der Waals surface area (Å²) >= 11 is 0. The standard InChI is InChI=1S/C18H18N2O2/c1-2-22-18(21)11-15(13-7-4-3-5-8-13)14-9-6-10-17-16(14)12-19-20-17/h3-10,12,15H,2,11H2,1H3,(H,19,20). The SMILES string of the molecule is CCOC(=O)CC(c1ccccc1)c1cccc2[nH]ncc12. The monoisotopic (exact) mass is 294 g/mol. The lowest BCUT2D eigenvalue weighted by atomic mass is 9.87. The number of ether oxygens (including phenoxy) is 1. The zero-order chi connectivity index (χ0) is 15.4. The Morgan fingerprint density at radius 1 is 1.18 bits per heavy atom. The number of aromatic nitrogens is 2. The number of H-pyrrole nitrogens is 1. The molecule has 0 spiro atoms. The fourth-order valence-corrected chi connectivity index (χ4v) is 2.77. The minimum atomic E-state index is -0.183. The Hall–Kier alpha value is -2.62. The van der Waals surface area contributed by atoms with Crippen LogP contribution in [-0.4, -0.2) is 22.8 Å². The molecule has 0 bridgehead atoms. The molecule has 3 aromatic rings. The molecule has 112 valence electrons. The molecule has 0 aliphatic rings. The maximum atomic E-state index is 12.0. The van der Waals surface area contributed by atoms with Crippen molar-refractivity contribution < 1.29 is 9.53 Å². The number of rotatable bonds is 5. The molecule has 22 heavy (non-hydrogen) atoms. The molecular weight excluding hydrogens is 276 g/mol. The van der Waals surface area contributed by atoms with E-state index in [9.17, 15) is 4.79 Å². The van der Waals surface area contributed by atoms with Crippen molar-refractivity contribution in [2.45, 2.75) is 19.3 Å². The van der Waals surface area contributed by atoms with Gasteiger partial charge in [-0.15, -0.1) is 0 Å². The summed E-state index contributed by atoms with van der Waals surface area (Å²) < 4.78 is 5.15. The minimum Gasteiger partial charge on any atom is -0.466 e. The minimum absolute atomic E-state index is 0.0402. The topological polar surface area (TPSA) is 55.0 Å². The van der Waals surface area contributed by atoms with E-state index in [1.54, 1.807) is 0 Å². The highest BCUT2D eigenvalue weighted by Crippen LogP contribution is 2.32. The van der Waals surface area contributed by atoms with Gasteiger partial charge in [0.2, 0.25) is 0 Å². The normalized spacial score (nSPS) is 12.2. The van der Waals surface area contributed by atoms with Gasteiger partial charge in [-0.05, 0) is 24.1 Å². The highest BCUT2D eigenvalue weighted by Gasteiger charge is 2.21. The zero-order valence-electron chi connectivity index (χ0n) is 12.5. The molecule has 1 aromatic heterocycles. The van der Waals surface area contributed by atoms with Crippen LogP contribution in [0.2, 0.25) is 0 Å². The summed E-state index contributed by atoms with van der Waals surface area (Å²) in [6.45, 7) is 2.22. The summed E-state index contributed by atoms with van der Waals surface area (Å²) in [6.07, 6.45) is 2.13. The summed E-state index contributed by atoms with van der Waals surface area (Å²) in [5.74, 6) is -0.224. The molecule has 3 rings (SSSR count). The molecule has 1 heterocycles. The third kappa shape index (κ3) is 2.86. The lowest BCUT2D eigenvalue weighted by molar-refractivity contribution is -0.143. The van der Waals surface area contributed by atoms with Crippen LogP contribution in [0.25, 0.3) is 10.9 Å². The van der Waals surface area contributed by atoms with Crippen molar-refractivity contribution >= 4 is 16.9 Å². The smallest absolute Gasteiger partial charge is 0.306 e. The number of nitrogens with one attached hydrogen (secondary N) is 1. The average Bonchev–Trinajstić information content (AvgIpc) is 3.02. The van der Waals surface area contributed by atoms with E-state index < -0.39 is 0 Å². The maximum absolute atomic E-state index is 12.0. The predicted molar refractivity (Wildman–Crippen MR) is 85.6 cm³/mol. The second-order valence-corrected chi connectivity index (χ2v) is 5.15. The Labute approximate surface area is 129 Å². The van der Waals surface area contributed by atoms with Crippen LogP contribution in [0.15, 0.2) is 54.7 Å². The first-order valence-electron chi connectivity index (χ1n) is 7.42. The summed E-state index contributed by atoms with van der Waals surface area (Å²) in [7, 11) is 0. The first-order chi connectivity index (χ1) is 10.8. The van der Waals surface area contributed by atoms with Gasteiger partial charge in [-0.2, -0.15) is 5.10 Å². The number of hydrogen-bond donors (Lipinski definition) is 1. The number of esters is 1. The lowest BCUT2D eigenvalue weighted by Crippen LogP contribution is -2.12. The van der Waals surface area contributed by atoms with Crippen molar-refractivity contribution in [1.82, 2.24) is 10.2 Å². The number of nitrogens with zero attached hydrogens (tertiary/aromatic N) is 1. The molecule has 4 nitrogen and oxygen atoms in total. The highest BCUT2D eigenvalue weighted by atomic mass is 16.5. The summed E-state index contributed by atoms with van der Waals surface area (Å²) in [5, 5.41) is 8.13. The zero-order valence-corrected chi connectivity index (χ0v) is 12.5. The Morgan fingerprint density at radius 2 is 2.00 bits per heavy atom. The van der Waals surface area contributed by atoms with Crippen LogP contribution in [0.4, 0.5) is 0 Å². The second-order valence-electron chi connectivity index (χ2n) is 5.15. The predicted octanol–water partition coefficient (Wildman–Crippen LogP) is 3.65. The lowest BCUT2D eigenvalue weighted by Gasteiger charge is -2.18. The van der Waals surface area contributed by atoms with Crippen molar-refractivity contribution in [3.05, 3.63) is 65.9 Å². The van der Waals surface area contributed by atoms with Crippen LogP contribution in [0.5, 0.6) is 0 Å². The van der Waals surface area contributed by atoms with Crippen LogP contribution in [0.3, 0.4) is 0 Å². The molecule has 1 unspecified atom stereocenters. The molecule has 0 aliphatic heterocycles. The molecular formula is C18H18N2O2. The molecule has 0 radical (unpaired) electrons. The van der Waals surface area contributed by atoms with E-state index in [4.69, 9.17) is 4.74 Å². The van der Waals surface area contributed by atoms with Gasteiger partial charge in [-0.25, -0.2) is 0 Å². The summed E-state index contributed by atoms with van der Waals surface area (Å²) in [4.78, 5) is 12.0. The van der Waals surface area contributed by atoms with E-state index in [0.717, 1.165) is 22.0 Å². The number of carbonyl (C=O) groups excluding carboxylic acids is 1. The molecule has 2 aromatic carbocycles. The van der Waals surface area contributed by atoms with E-state index in [0.29, 0.717) is 13.0 Å². The summed E-state index contributed by atoms with van der Waals surface area (Å²) in [6, 6.07) is 16.1. The quantitative estimate of drug-likeness (QED) is 0.731. The van der Waals surface area contributed by atoms with E-state index >= 15 is 0 Å². The second kappa shape index (κ2) is 6.43. The molecule has 0 saturated heterocycles. The summed E-state index contributed by atoms with van der Waals surface area (Å²) in [5.41, 5.74) is 3.16. The van der Waals surface area contributed by atoms with Gasteiger partial charge in [0.05, 0.1) is 24.7 Å². The Kier molecular flexibility index (Phi) is 4.19. The van der Waals surface area contributed by atoms with Gasteiger partial charge >= 0.3 is 5.97 Å². The third-order valence-electron chi connectivity index (χ3n) is 3.77. The maximum Gasteiger partial charge on any atom is 0.306 e. The largest absolute Gasteiger partial charge is 0.466 e. The van der Waals surface area contributed by atoms with Gasteiger partial charge in [0.15, 0.2) is 0 Å². The van der Waals surface area contributed by atoms with Gasteiger partial charge in [0, 0.05) is 11.3 Å². The van der Waals surface area contributed by atoms with Crippen molar-refractivity contribution in [3.8, 4) is 0 Å². The molecule has 0 aliphatic carbocycles. The number of fused-ring (bicyclic) bond motifs is 1. The van der Waals surface area contributed by atoms with Gasteiger partial charge in [-0.1, -0.05) is 42.5 Å². The van der Waals surface area contributed by atoms with E-state index in [1.807, 2.05) is 55.6 Å². The van der Waals surface area contributed by atoms with Crippen LogP contribution < -0.4 is 0 Å². The Bertz CT molecular complexity index is 765. The van der Waals surface area contributed by atoms with E-state index in [2.05, 4.69) is 16.3 Å². The van der Waals surface area contributed by atoms with Gasteiger partial charge in [0.25, 0.3) is 0 Å². The first-order valence-corrected chi connectivity index (χ1v) is 7.42. The van der Waals surface area contributed by atoms with E-state index in [1.165, 1.54) is 0 Å². The van der Waals surface area contributed by atoms with Crippen LogP contribution in [0.1, 0.15) is 30.4 Å². The molecule has 4 heteroatoms. The number of hydrogen-bond acceptors (Lipinski definition) is 3. The molecule has 0 fully saturated rings. The molecule has 0 saturated carbocycles. The van der Waals surface area contributed by atoms with Crippen LogP contribution in [0, 0.1) is 0 Å². The van der Waals surface area contributed by atoms with Crippen molar-refractivity contribution in [3.63, 3.8) is 0 Å². The number of carbonyl (C=O) groups is 1. The molecule has 1 atom stereocenters. The molecule has 0 amide bonds. The van der Waals surface area contributed by atoms with Crippen LogP contribution >= 0.6 is 0 Å². The van der Waals surface area contributed by atoms with Crippen molar-refractivity contribution in [1.29, 1.82) is 0 Å². The third-order valence-corrected chi connectivity index (χ3v) is 3.77. The van der Waals surface area contributed by atoms with Crippen LogP contribution in [-0.2, 0) is 9.53 Å². The Morgan fingerprint density at radius 3 is 2.77 bits per heavy atom. The van der Waals surface area contributed by atoms with Gasteiger partial charge in [-0.3, -0.25) is 9.89 Å². The van der Waals surface area contributed by atoms with Crippen molar-refractivity contribution in [2.75, 3.05) is 6.61 Å². The fraction of sp³-hybridized carbons (Fsp3) is 0.222. The average molecular weight is 294 g/mol. The molecule has 1 N–H and O–H groups in total. The van der Waals surface area contributed by atoms with E-state index in [-0.39, 0.29) is 11.9 Å². The fourth-order valence-electron chi connectivity index (χ4n) is 2.77. The Balaban J connectivity index is 2.05. The number of benzene rings is 2. The highest BCUT2D eigenvalue weighted by molar-refractivity contribution is 5.83. The van der Waals surface area contributed by atoms with Crippen molar-refractivity contribution in [2.24, 2.45) is 0 Å². The van der Waals surface area contributed by atoms with Gasteiger partial charge in [0.1, 0.15) is 0 Å².